The monoisotopic (exact) mass is 309 g/mol. The largest absolute Gasteiger partial charge is 0.370 e. The molecule has 0 fully saturated rings. The summed E-state index contributed by atoms with van der Waals surface area (Å²) in [6, 6.07) is 7.47. The average Bonchev–Trinajstić information content (AvgIpc) is 2.47. The van der Waals surface area contributed by atoms with Crippen LogP contribution in [0, 0.1) is 0 Å². The van der Waals surface area contributed by atoms with E-state index in [1.807, 2.05) is 25.1 Å². The van der Waals surface area contributed by atoms with Gasteiger partial charge in [0, 0.05) is 24.6 Å². The second-order valence-electron chi connectivity index (χ2n) is 4.46. The molecular formula is C15H17Cl2N3. The minimum atomic E-state index is 0.531. The molecule has 0 aliphatic heterocycles. The molecule has 1 aromatic heterocycles. The van der Waals surface area contributed by atoms with E-state index in [1.54, 1.807) is 6.07 Å². The number of rotatable bonds is 5. The van der Waals surface area contributed by atoms with Gasteiger partial charge in [-0.25, -0.2) is 9.97 Å². The zero-order valence-electron chi connectivity index (χ0n) is 11.6. The van der Waals surface area contributed by atoms with Crippen molar-refractivity contribution >= 4 is 29.0 Å². The maximum atomic E-state index is 6.07. The number of hydrogen-bond acceptors (Lipinski definition) is 3. The first-order chi connectivity index (χ1) is 9.63. The van der Waals surface area contributed by atoms with Gasteiger partial charge < -0.3 is 5.32 Å². The maximum Gasteiger partial charge on any atom is 0.131 e. The van der Waals surface area contributed by atoms with Gasteiger partial charge in [-0.15, -0.1) is 0 Å². The summed E-state index contributed by atoms with van der Waals surface area (Å²) in [5, 5.41) is 4.37. The van der Waals surface area contributed by atoms with E-state index in [0.29, 0.717) is 10.0 Å². The zero-order valence-corrected chi connectivity index (χ0v) is 13.1. The predicted molar refractivity (Wildman–Crippen MR) is 85.6 cm³/mol. The second kappa shape index (κ2) is 6.91. The third kappa shape index (κ3) is 3.62. The van der Waals surface area contributed by atoms with Gasteiger partial charge in [-0.1, -0.05) is 43.1 Å². The van der Waals surface area contributed by atoms with E-state index in [0.717, 1.165) is 42.3 Å². The normalized spacial score (nSPS) is 10.6. The molecule has 1 N–H and O–H groups in total. The lowest BCUT2D eigenvalue weighted by Crippen LogP contribution is -2.05. The molecule has 0 radical (unpaired) electrons. The van der Waals surface area contributed by atoms with Gasteiger partial charge in [0.15, 0.2) is 0 Å². The van der Waals surface area contributed by atoms with E-state index in [9.17, 15) is 0 Å². The summed E-state index contributed by atoms with van der Waals surface area (Å²) in [4.78, 5) is 9.02. The summed E-state index contributed by atoms with van der Waals surface area (Å²) < 4.78 is 0. The first kappa shape index (κ1) is 15.1. The van der Waals surface area contributed by atoms with Crippen LogP contribution in [0.5, 0.6) is 0 Å². The van der Waals surface area contributed by atoms with E-state index < -0.39 is 0 Å². The van der Waals surface area contributed by atoms with Crippen LogP contribution in [-0.2, 0) is 6.42 Å². The lowest BCUT2D eigenvalue weighted by molar-refractivity contribution is 0.919. The number of benzene rings is 1. The van der Waals surface area contributed by atoms with Gasteiger partial charge in [-0.05, 0) is 18.6 Å². The Balaban J connectivity index is 2.41. The van der Waals surface area contributed by atoms with Crippen molar-refractivity contribution in [3.05, 3.63) is 40.1 Å². The number of nitrogens with zero attached hydrogens (tertiary/aromatic N) is 2. The van der Waals surface area contributed by atoms with Crippen LogP contribution in [0.2, 0.25) is 10.0 Å². The molecule has 5 heteroatoms. The Morgan fingerprint density at radius 3 is 2.50 bits per heavy atom. The molecule has 0 saturated heterocycles. The van der Waals surface area contributed by atoms with Crippen molar-refractivity contribution in [3.63, 3.8) is 0 Å². The van der Waals surface area contributed by atoms with Crippen LogP contribution in [0.1, 0.15) is 26.1 Å². The van der Waals surface area contributed by atoms with E-state index in [1.165, 1.54) is 0 Å². The van der Waals surface area contributed by atoms with Crippen molar-refractivity contribution in [1.82, 2.24) is 9.97 Å². The van der Waals surface area contributed by atoms with Gasteiger partial charge in [-0.2, -0.15) is 0 Å². The predicted octanol–water partition coefficient (Wildman–Crippen LogP) is 4.83. The zero-order chi connectivity index (χ0) is 14.5. The molecule has 20 heavy (non-hydrogen) atoms. The van der Waals surface area contributed by atoms with Crippen LogP contribution in [0.25, 0.3) is 11.3 Å². The van der Waals surface area contributed by atoms with Crippen molar-refractivity contribution < 1.29 is 0 Å². The fourth-order valence-electron chi connectivity index (χ4n) is 1.80. The quantitative estimate of drug-likeness (QED) is 0.859. The molecule has 0 saturated carbocycles. The van der Waals surface area contributed by atoms with Crippen LogP contribution in [0.4, 0.5) is 5.82 Å². The van der Waals surface area contributed by atoms with E-state index >= 15 is 0 Å². The van der Waals surface area contributed by atoms with Gasteiger partial charge in [0.2, 0.25) is 0 Å². The van der Waals surface area contributed by atoms with Crippen molar-refractivity contribution in [2.24, 2.45) is 0 Å². The van der Waals surface area contributed by atoms with Gasteiger partial charge in [0.1, 0.15) is 11.6 Å². The Morgan fingerprint density at radius 1 is 1.05 bits per heavy atom. The van der Waals surface area contributed by atoms with Crippen molar-refractivity contribution in [1.29, 1.82) is 0 Å². The number of aryl methyl sites for hydroxylation is 1. The number of anilines is 1. The molecule has 0 aliphatic rings. The SMILES string of the molecule is CCCNc1cc(-c2ccc(Cl)c(Cl)c2)nc(CC)n1. The number of halogens is 2. The summed E-state index contributed by atoms with van der Waals surface area (Å²) in [6.45, 7) is 5.05. The molecule has 1 aromatic carbocycles. The highest BCUT2D eigenvalue weighted by atomic mass is 35.5. The third-order valence-corrected chi connectivity index (χ3v) is 3.60. The molecule has 0 aliphatic carbocycles. The Morgan fingerprint density at radius 2 is 1.85 bits per heavy atom. The summed E-state index contributed by atoms with van der Waals surface area (Å²) >= 11 is 12.0. The lowest BCUT2D eigenvalue weighted by Gasteiger charge is -2.09. The smallest absolute Gasteiger partial charge is 0.131 e. The number of hydrogen-bond donors (Lipinski definition) is 1. The summed E-state index contributed by atoms with van der Waals surface area (Å²) in [5.74, 6) is 1.66. The summed E-state index contributed by atoms with van der Waals surface area (Å²) in [6.07, 6.45) is 1.84. The minimum Gasteiger partial charge on any atom is -0.370 e. The van der Waals surface area contributed by atoms with Crippen LogP contribution in [0.15, 0.2) is 24.3 Å². The minimum absolute atomic E-state index is 0.531. The van der Waals surface area contributed by atoms with Crippen LogP contribution >= 0.6 is 23.2 Å². The molecule has 1 heterocycles. The van der Waals surface area contributed by atoms with Crippen LogP contribution in [-0.4, -0.2) is 16.5 Å². The van der Waals surface area contributed by atoms with Crippen LogP contribution in [0.3, 0.4) is 0 Å². The van der Waals surface area contributed by atoms with Crippen LogP contribution < -0.4 is 5.32 Å². The number of nitrogens with one attached hydrogen (secondary N) is 1. The topological polar surface area (TPSA) is 37.8 Å². The van der Waals surface area contributed by atoms with E-state index in [4.69, 9.17) is 23.2 Å². The first-order valence-corrected chi connectivity index (χ1v) is 7.47. The molecule has 2 aromatic rings. The second-order valence-corrected chi connectivity index (χ2v) is 5.28. The summed E-state index contributed by atoms with van der Waals surface area (Å²) in [7, 11) is 0. The molecule has 0 amide bonds. The Bertz CT molecular complexity index is 600. The fourth-order valence-corrected chi connectivity index (χ4v) is 2.10. The van der Waals surface area contributed by atoms with Gasteiger partial charge in [0.05, 0.1) is 15.7 Å². The highest BCUT2D eigenvalue weighted by Crippen LogP contribution is 2.28. The van der Waals surface area contributed by atoms with Crippen molar-refractivity contribution in [3.8, 4) is 11.3 Å². The number of aromatic nitrogens is 2. The van der Waals surface area contributed by atoms with Crippen molar-refractivity contribution in [2.75, 3.05) is 11.9 Å². The first-order valence-electron chi connectivity index (χ1n) is 6.71. The molecular weight excluding hydrogens is 293 g/mol. The third-order valence-electron chi connectivity index (χ3n) is 2.86. The lowest BCUT2D eigenvalue weighted by atomic mass is 10.1. The van der Waals surface area contributed by atoms with Gasteiger partial charge in [0.25, 0.3) is 0 Å². The highest BCUT2D eigenvalue weighted by Gasteiger charge is 2.07. The molecule has 0 bridgehead atoms. The highest BCUT2D eigenvalue weighted by molar-refractivity contribution is 6.42. The summed E-state index contributed by atoms with van der Waals surface area (Å²) in [5.41, 5.74) is 1.80. The fraction of sp³-hybridized carbons (Fsp3) is 0.333. The molecule has 2 rings (SSSR count). The molecule has 0 atom stereocenters. The molecule has 0 unspecified atom stereocenters. The Kier molecular flexibility index (Phi) is 5.21. The van der Waals surface area contributed by atoms with E-state index in [2.05, 4.69) is 22.2 Å². The molecule has 0 spiro atoms. The average molecular weight is 310 g/mol. The standard InChI is InChI=1S/C15H17Cl2N3/c1-3-7-18-15-9-13(19-14(4-2)20-15)10-5-6-11(16)12(17)8-10/h5-6,8-9H,3-4,7H2,1-2H3,(H,18,19,20). The van der Waals surface area contributed by atoms with Crippen molar-refractivity contribution in [2.45, 2.75) is 26.7 Å². The molecule has 3 nitrogen and oxygen atoms in total. The van der Waals surface area contributed by atoms with Gasteiger partial charge >= 0.3 is 0 Å². The van der Waals surface area contributed by atoms with E-state index in [-0.39, 0.29) is 0 Å². The maximum absolute atomic E-state index is 6.07. The van der Waals surface area contributed by atoms with Gasteiger partial charge in [-0.3, -0.25) is 0 Å². The molecule has 106 valence electrons. The Hall–Kier alpha value is -1.32. The Labute approximate surface area is 129 Å².